The largest absolute Gasteiger partial charge is 0.478 e. The number of aromatic carboxylic acids is 1. The first-order chi connectivity index (χ1) is 11.5. The third-order valence-electron chi connectivity index (χ3n) is 3.70. The normalized spacial score (nSPS) is 18.2. The van der Waals surface area contributed by atoms with Crippen LogP contribution in [0, 0.1) is 5.82 Å². The monoisotopic (exact) mass is 377 g/mol. The molecule has 0 aromatic heterocycles. The molecule has 1 heterocycles. The Morgan fingerprint density at radius 2 is 1.96 bits per heavy atom. The number of anilines is 1. The predicted molar refractivity (Wildman–Crippen MR) is 85.2 cm³/mol. The minimum atomic E-state index is -4.29. The fourth-order valence-electron chi connectivity index (χ4n) is 2.42. The lowest BCUT2D eigenvalue weighted by molar-refractivity contribution is 0.0691. The van der Waals surface area contributed by atoms with Crippen molar-refractivity contribution < 1.29 is 31.9 Å². The minimum Gasteiger partial charge on any atom is -0.478 e. The summed E-state index contributed by atoms with van der Waals surface area (Å²) in [5.41, 5.74) is -0.980. The first-order valence-electron chi connectivity index (χ1n) is 7.23. The van der Waals surface area contributed by atoms with Crippen LogP contribution in [0.5, 0.6) is 0 Å². The van der Waals surface area contributed by atoms with E-state index in [1.165, 1.54) is 19.0 Å². The van der Waals surface area contributed by atoms with Gasteiger partial charge in [-0.2, -0.15) is 12.7 Å². The third-order valence-corrected chi connectivity index (χ3v) is 5.15. The Labute approximate surface area is 143 Å². The molecule has 0 spiro atoms. The number of amides is 1. The van der Waals surface area contributed by atoms with Gasteiger partial charge < -0.3 is 10.0 Å². The van der Waals surface area contributed by atoms with Gasteiger partial charge in [-0.05, 0) is 18.6 Å². The molecule has 0 radical (unpaired) electrons. The zero-order chi connectivity index (χ0) is 18.9. The molecule has 0 aliphatic carbocycles. The number of carboxylic acids is 1. The van der Waals surface area contributed by atoms with E-state index in [-0.39, 0.29) is 30.8 Å². The molecule has 1 amide bonds. The molecule has 1 aromatic rings. The number of nitrogens with one attached hydrogen (secondary N) is 1. The van der Waals surface area contributed by atoms with Gasteiger partial charge in [-0.1, -0.05) is 0 Å². The predicted octanol–water partition coefficient (Wildman–Crippen LogP) is 0.608. The van der Waals surface area contributed by atoms with Crippen LogP contribution >= 0.6 is 0 Å². The molecule has 1 aromatic carbocycles. The lowest BCUT2D eigenvalue weighted by Gasteiger charge is -2.20. The molecule has 8 nitrogen and oxygen atoms in total. The maximum atomic E-state index is 13.9. The molecular weight excluding hydrogens is 360 g/mol. The van der Waals surface area contributed by atoms with E-state index in [4.69, 9.17) is 5.11 Å². The van der Waals surface area contributed by atoms with Gasteiger partial charge in [-0.3, -0.25) is 4.79 Å². The number of carbonyl (C=O) groups excluding carboxylic acids is 1. The highest BCUT2D eigenvalue weighted by Crippen LogP contribution is 2.24. The molecule has 1 atom stereocenters. The fourth-order valence-corrected chi connectivity index (χ4v) is 3.60. The maximum absolute atomic E-state index is 13.9. The van der Waals surface area contributed by atoms with Crippen molar-refractivity contribution in [3.63, 3.8) is 0 Å². The van der Waals surface area contributed by atoms with Gasteiger partial charge in [0.2, 0.25) is 0 Å². The molecule has 1 aliphatic rings. The molecule has 2 N–H and O–H groups in total. The average Bonchev–Trinajstić information content (AvgIpc) is 2.93. The Kier molecular flexibility index (Phi) is 5.28. The molecule has 1 fully saturated rings. The van der Waals surface area contributed by atoms with Gasteiger partial charge in [0.05, 0.1) is 16.8 Å². The van der Waals surface area contributed by atoms with Crippen LogP contribution in [0.25, 0.3) is 0 Å². The van der Waals surface area contributed by atoms with Crippen LogP contribution in [0.2, 0.25) is 0 Å². The van der Waals surface area contributed by atoms with Gasteiger partial charge in [0, 0.05) is 27.2 Å². The zero-order valence-corrected chi connectivity index (χ0v) is 14.3. The molecule has 0 saturated carbocycles. The smallest absolute Gasteiger partial charge is 0.338 e. The van der Waals surface area contributed by atoms with E-state index >= 15 is 0 Å². The van der Waals surface area contributed by atoms with Crippen LogP contribution in [0.15, 0.2) is 12.1 Å². The standard InChI is InChI=1S/C14H17F2N3O5S/c1-18(2)12-6-9(14(21)22)11(16)5-10(12)13(20)17-25(23,24)19-4-3-8(15)7-19/h5-6,8H,3-4,7H2,1-2H3,(H,17,20)(H,21,22)/t8-/m0/s1. The van der Waals surface area contributed by atoms with Crippen molar-refractivity contribution in [2.75, 3.05) is 32.1 Å². The van der Waals surface area contributed by atoms with Crippen LogP contribution in [0.3, 0.4) is 0 Å². The Bertz CT molecular complexity index is 813. The molecule has 1 aliphatic heterocycles. The number of hydrogen-bond donors (Lipinski definition) is 2. The van der Waals surface area contributed by atoms with E-state index in [1.807, 2.05) is 0 Å². The van der Waals surface area contributed by atoms with Crippen LogP contribution in [0.4, 0.5) is 14.5 Å². The quantitative estimate of drug-likeness (QED) is 0.779. The number of hydrogen-bond acceptors (Lipinski definition) is 5. The van der Waals surface area contributed by atoms with Crippen LogP contribution in [0.1, 0.15) is 27.1 Å². The van der Waals surface area contributed by atoms with Crippen LogP contribution in [-0.2, 0) is 10.2 Å². The van der Waals surface area contributed by atoms with Crippen molar-refractivity contribution in [2.24, 2.45) is 0 Å². The maximum Gasteiger partial charge on any atom is 0.338 e. The van der Waals surface area contributed by atoms with Gasteiger partial charge >= 0.3 is 16.2 Å². The van der Waals surface area contributed by atoms with Crippen molar-refractivity contribution in [1.29, 1.82) is 0 Å². The lowest BCUT2D eigenvalue weighted by atomic mass is 10.1. The van der Waals surface area contributed by atoms with Gasteiger partial charge in [-0.25, -0.2) is 18.3 Å². The molecule has 11 heteroatoms. The molecule has 2 rings (SSSR count). The Balaban J connectivity index is 2.35. The summed E-state index contributed by atoms with van der Waals surface area (Å²) >= 11 is 0. The summed E-state index contributed by atoms with van der Waals surface area (Å²) in [6.07, 6.45) is -1.28. The second kappa shape index (κ2) is 6.92. The summed E-state index contributed by atoms with van der Waals surface area (Å²) in [5, 5.41) is 8.96. The zero-order valence-electron chi connectivity index (χ0n) is 13.5. The fraction of sp³-hybridized carbons (Fsp3) is 0.429. The number of benzene rings is 1. The molecule has 1 saturated heterocycles. The van der Waals surface area contributed by atoms with Gasteiger partial charge in [0.25, 0.3) is 5.91 Å². The van der Waals surface area contributed by atoms with Crippen molar-refractivity contribution in [3.05, 3.63) is 29.1 Å². The van der Waals surface area contributed by atoms with E-state index in [1.54, 1.807) is 4.72 Å². The Hall–Kier alpha value is -2.27. The van der Waals surface area contributed by atoms with Gasteiger partial charge in [0.1, 0.15) is 12.0 Å². The highest BCUT2D eigenvalue weighted by atomic mass is 32.2. The minimum absolute atomic E-state index is 0.0243. The average molecular weight is 377 g/mol. The second-order valence-electron chi connectivity index (χ2n) is 5.73. The summed E-state index contributed by atoms with van der Waals surface area (Å²) in [5.74, 6) is -3.83. The van der Waals surface area contributed by atoms with E-state index < -0.39 is 39.6 Å². The first-order valence-corrected chi connectivity index (χ1v) is 8.67. The highest BCUT2D eigenvalue weighted by Gasteiger charge is 2.33. The number of nitrogens with zero attached hydrogens (tertiary/aromatic N) is 2. The van der Waals surface area contributed by atoms with E-state index in [9.17, 15) is 26.8 Å². The van der Waals surface area contributed by atoms with E-state index in [2.05, 4.69) is 0 Å². The Morgan fingerprint density at radius 1 is 1.32 bits per heavy atom. The van der Waals surface area contributed by atoms with Crippen LogP contribution < -0.4 is 9.62 Å². The SMILES string of the molecule is CN(C)c1cc(C(=O)O)c(F)cc1C(=O)NS(=O)(=O)N1CC[C@H](F)C1. The third kappa shape index (κ3) is 4.04. The number of halogens is 2. The second-order valence-corrected chi connectivity index (χ2v) is 7.40. The Morgan fingerprint density at radius 3 is 2.44 bits per heavy atom. The van der Waals surface area contributed by atoms with E-state index in [0.717, 1.165) is 10.4 Å². The van der Waals surface area contributed by atoms with Crippen LogP contribution in [-0.4, -0.2) is 63.1 Å². The topological polar surface area (TPSA) is 107 Å². The molecule has 0 bridgehead atoms. The molecule has 0 unspecified atom stereocenters. The van der Waals surface area contributed by atoms with Crippen molar-refractivity contribution in [3.8, 4) is 0 Å². The summed E-state index contributed by atoms with van der Waals surface area (Å²) in [4.78, 5) is 24.7. The van der Waals surface area contributed by atoms with Crippen molar-refractivity contribution in [1.82, 2.24) is 9.03 Å². The number of rotatable bonds is 5. The number of carboxylic acid groups (broad SMARTS) is 1. The van der Waals surface area contributed by atoms with Crippen molar-refractivity contribution >= 4 is 27.8 Å². The van der Waals surface area contributed by atoms with Gasteiger partial charge in [-0.15, -0.1) is 0 Å². The van der Waals surface area contributed by atoms with E-state index in [0.29, 0.717) is 6.07 Å². The summed E-state index contributed by atoms with van der Waals surface area (Å²) in [6.45, 7) is -0.438. The summed E-state index contributed by atoms with van der Waals surface area (Å²) in [6, 6.07) is 1.60. The number of alkyl halides is 1. The molecule has 138 valence electrons. The molecule has 25 heavy (non-hydrogen) atoms. The van der Waals surface area contributed by atoms with Crippen molar-refractivity contribution in [2.45, 2.75) is 12.6 Å². The summed E-state index contributed by atoms with van der Waals surface area (Å²) in [7, 11) is -1.32. The first kappa shape index (κ1) is 19.1. The van der Waals surface area contributed by atoms with Gasteiger partial charge in [0.15, 0.2) is 0 Å². The molecular formula is C14H17F2N3O5S. The number of carbonyl (C=O) groups is 2. The summed E-state index contributed by atoms with van der Waals surface area (Å²) < 4.78 is 53.9. The lowest BCUT2D eigenvalue weighted by Crippen LogP contribution is -2.42. The highest BCUT2D eigenvalue weighted by molar-refractivity contribution is 7.87.